The number of aromatic amines is 1. The number of anilines is 2. The smallest absolute Gasteiger partial charge is 0.280 e. The Morgan fingerprint density at radius 2 is 2.18 bits per heavy atom. The summed E-state index contributed by atoms with van der Waals surface area (Å²) in [5.74, 6) is 0.424. The Morgan fingerprint density at radius 1 is 1.39 bits per heavy atom. The third-order valence-corrected chi connectivity index (χ3v) is 5.47. The van der Waals surface area contributed by atoms with Crippen LogP contribution in [0.5, 0.6) is 5.75 Å². The first-order valence-corrected chi connectivity index (χ1v) is 10.7. The number of H-pyrrole nitrogens is 1. The van der Waals surface area contributed by atoms with Gasteiger partial charge in [-0.3, -0.25) is 14.3 Å². The van der Waals surface area contributed by atoms with Gasteiger partial charge in [0.25, 0.3) is 5.56 Å². The van der Waals surface area contributed by atoms with E-state index in [2.05, 4.69) is 41.4 Å². The molecular formula is C19H22BrN7O6. The fraction of sp³-hybridized carbons (Fsp3) is 0.368. The second kappa shape index (κ2) is 9.44. The molecule has 0 unspecified atom stereocenters. The van der Waals surface area contributed by atoms with Crippen LogP contribution >= 0.6 is 15.9 Å². The molecule has 176 valence electrons. The lowest BCUT2D eigenvalue weighted by Crippen LogP contribution is -2.33. The van der Waals surface area contributed by atoms with Crippen LogP contribution in [0.4, 0.5) is 11.9 Å². The zero-order valence-corrected chi connectivity index (χ0v) is 18.9. The molecule has 0 radical (unpaired) electrons. The molecule has 1 aliphatic rings. The Kier molecular flexibility index (Phi) is 6.62. The number of imidazole rings is 1. The number of benzene rings is 1. The van der Waals surface area contributed by atoms with Gasteiger partial charge in [-0.25, -0.2) is 10.4 Å². The molecule has 3 heterocycles. The molecule has 1 aromatic carbocycles. The molecule has 1 fully saturated rings. The molecule has 1 aliphatic heterocycles. The summed E-state index contributed by atoms with van der Waals surface area (Å²) >= 11 is 3.40. The Bertz CT molecular complexity index is 1250. The fourth-order valence-electron chi connectivity index (χ4n) is 3.48. The lowest BCUT2D eigenvalue weighted by atomic mass is 10.1. The maximum Gasteiger partial charge on any atom is 0.280 e. The van der Waals surface area contributed by atoms with Crippen LogP contribution in [-0.4, -0.2) is 72.6 Å². The van der Waals surface area contributed by atoms with Crippen LogP contribution in [0.15, 0.2) is 32.6 Å². The average Bonchev–Trinajstić information content (AvgIpc) is 3.27. The molecule has 4 atom stereocenters. The largest absolute Gasteiger partial charge is 0.493 e. The minimum absolute atomic E-state index is 0.00116. The van der Waals surface area contributed by atoms with Crippen molar-refractivity contribution in [1.82, 2.24) is 19.5 Å². The highest BCUT2D eigenvalue weighted by Crippen LogP contribution is 2.34. The van der Waals surface area contributed by atoms with E-state index in [1.165, 1.54) is 10.8 Å². The molecule has 0 aliphatic carbocycles. The lowest BCUT2D eigenvalue weighted by molar-refractivity contribution is -0.0501. The quantitative estimate of drug-likeness (QED) is 0.180. The molecule has 1 saturated heterocycles. The van der Waals surface area contributed by atoms with E-state index in [4.69, 9.17) is 15.2 Å². The van der Waals surface area contributed by atoms with Crippen molar-refractivity contribution < 1.29 is 24.8 Å². The van der Waals surface area contributed by atoms with Crippen LogP contribution < -0.4 is 21.5 Å². The summed E-state index contributed by atoms with van der Waals surface area (Å²) in [5.41, 5.74) is 8.36. The van der Waals surface area contributed by atoms with Crippen molar-refractivity contribution in [3.05, 3.63) is 38.6 Å². The van der Waals surface area contributed by atoms with E-state index in [1.807, 2.05) is 13.0 Å². The maximum atomic E-state index is 12.4. The number of nitrogen functional groups attached to an aromatic ring is 1. The molecule has 4 rings (SSSR count). The van der Waals surface area contributed by atoms with E-state index in [-0.39, 0.29) is 23.1 Å². The molecule has 13 nitrogen and oxygen atoms in total. The highest BCUT2D eigenvalue weighted by atomic mass is 79.9. The Hall–Kier alpha value is -3.04. The van der Waals surface area contributed by atoms with Crippen LogP contribution in [0.1, 0.15) is 18.7 Å². The molecule has 0 bridgehead atoms. The van der Waals surface area contributed by atoms with E-state index in [0.717, 1.165) is 4.47 Å². The number of rotatable bonds is 7. The molecule has 3 aromatic rings. The zero-order chi connectivity index (χ0) is 23.7. The van der Waals surface area contributed by atoms with Gasteiger partial charge in [0, 0.05) is 10.0 Å². The normalized spacial score (nSPS) is 22.9. The van der Waals surface area contributed by atoms with Crippen LogP contribution in [0, 0.1) is 0 Å². The lowest BCUT2D eigenvalue weighted by Gasteiger charge is -2.18. The van der Waals surface area contributed by atoms with Crippen molar-refractivity contribution in [3.63, 3.8) is 0 Å². The second-order valence-electron chi connectivity index (χ2n) is 7.14. The Morgan fingerprint density at radius 3 is 2.88 bits per heavy atom. The van der Waals surface area contributed by atoms with Gasteiger partial charge in [-0.2, -0.15) is 10.1 Å². The van der Waals surface area contributed by atoms with Gasteiger partial charge in [-0.15, -0.1) is 0 Å². The summed E-state index contributed by atoms with van der Waals surface area (Å²) in [7, 11) is 0. The first kappa shape index (κ1) is 23.1. The predicted molar refractivity (Wildman–Crippen MR) is 122 cm³/mol. The highest BCUT2D eigenvalue weighted by Gasteiger charge is 2.45. The SMILES string of the molecule is CCOc1ccc(Br)cc1/C=N\Nc1nc2c(=O)[nH]c(N)nc2n1[C@@H]1O[C@@H](CO)[C@@H](O)[C@H]1O. The minimum Gasteiger partial charge on any atom is -0.493 e. The van der Waals surface area contributed by atoms with E-state index in [9.17, 15) is 20.1 Å². The molecule has 7 N–H and O–H groups in total. The number of fused-ring (bicyclic) bond motifs is 1. The number of nitrogens with zero attached hydrogens (tertiary/aromatic N) is 4. The summed E-state index contributed by atoms with van der Waals surface area (Å²) in [6.07, 6.45) is -3.60. The molecular weight excluding hydrogens is 502 g/mol. The third-order valence-electron chi connectivity index (χ3n) is 4.98. The van der Waals surface area contributed by atoms with Crippen LogP contribution in [0.3, 0.4) is 0 Å². The monoisotopic (exact) mass is 523 g/mol. The summed E-state index contributed by atoms with van der Waals surface area (Å²) in [6, 6.07) is 5.42. The maximum absolute atomic E-state index is 12.4. The number of halogens is 1. The third kappa shape index (κ3) is 4.43. The fourth-order valence-corrected chi connectivity index (χ4v) is 3.86. The number of aromatic nitrogens is 4. The highest BCUT2D eigenvalue weighted by molar-refractivity contribution is 9.10. The average molecular weight is 524 g/mol. The van der Waals surface area contributed by atoms with E-state index < -0.39 is 36.7 Å². The molecule has 0 spiro atoms. The minimum atomic E-state index is -1.44. The van der Waals surface area contributed by atoms with Gasteiger partial charge in [0.05, 0.1) is 19.4 Å². The van der Waals surface area contributed by atoms with Crippen LogP contribution in [0.25, 0.3) is 11.2 Å². The van der Waals surface area contributed by atoms with Crippen molar-refractivity contribution in [3.8, 4) is 5.75 Å². The van der Waals surface area contributed by atoms with Gasteiger partial charge in [0.2, 0.25) is 11.9 Å². The van der Waals surface area contributed by atoms with Crippen molar-refractivity contribution in [2.24, 2.45) is 5.10 Å². The summed E-state index contributed by atoms with van der Waals surface area (Å²) < 4.78 is 13.3. The first-order valence-electron chi connectivity index (χ1n) is 9.95. The first-order chi connectivity index (χ1) is 15.8. The summed E-state index contributed by atoms with van der Waals surface area (Å²) in [4.78, 5) is 23.0. The van der Waals surface area contributed by atoms with E-state index >= 15 is 0 Å². The van der Waals surface area contributed by atoms with Gasteiger partial charge >= 0.3 is 0 Å². The number of hydrazone groups is 1. The molecule has 2 aromatic heterocycles. The van der Waals surface area contributed by atoms with Crippen molar-refractivity contribution >= 4 is 45.2 Å². The molecule has 0 amide bonds. The van der Waals surface area contributed by atoms with E-state index in [1.54, 1.807) is 12.1 Å². The van der Waals surface area contributed by atoms with E-state index in [0.29, 0.717) is 17.9 Å². The summed E-state index contributed by atoms with van der Waals surface area (Å²) in [6.45, 7) is 1.80. The molecule has 14 heteroatoms. The van der Waals surface area contributed by atoms with Crippen molar-refractivity contribution in [2.75, 3.05) is 24.4 Å². The number of hydrogen-bond acceptors (Lipinski definition) is 11. The van der Waals surface area contributed by atoms with Crippen molar-refractivity contribution in [2.45, 2.75) is 31.5 Å². The van der Waals surface area contributed by atoms with Gasteiger partial charge < -0.3 is 30.5 Å². The standard InChI is InChI=1S/C19H22BrN7O6/c1-2-32-10-4-3-9(20)5-8(10)6-22-26-19-23-12-15(24-18(21)25-16(12)31)27(19)17-14(30)13(29)11(7-28)33-17/h3-6,11,13-14,17,28-30H,2,7H2,1H3,(H,23,26)(H3,21,24,25,31)/b22-6-/t11-,13+,14+,17+/m0/s1. The molecule has 33 heavy (non-hydrogen) atoms. The van der Waals surface area contributed by atoms with Gasteiger partial charge in [-0.05, 0) is 25.1 Å². The second-order valence-corrected chi connectivity index (χ2v) is 8.06. The molecule has 0 saturated carbocycles. The topological polar surface area (TPSA) is 193 Å². The summed E-state index contributed by atoms with van der Waals surface area (Å²) in [5, 5.41) is 34.3. The van der Waals surface area contributed by atoms with Gasteiger partial charge in [-0.1, -0.05) is 15.9 Å². The predicted octanol–water partition coefficient (Wildman–Crippen LogP) is -0.0795. The number of nitrogens with one attached hydrogen (secondary N) is 2. The Labute approximate surface area is 195 Å². The van der Waals surface area contributed by atoms with Crippen molar-refractivity contribution in [1.29, 1.82) is 0 Å². The number of nitrogens with two attached hydrogens (primary N) is 1. The van der Waals surface area contributed by atoms with Gasteiger partial charge in [0.15, 0.2) is 17.4 Å². The number of aliphatic hydroxyl groups excluding tert-OH is 3. The number of ether oxygens (including phenoxy) is 2. The van der Waals surface area contributed by atoms with Crippen LogP contribution in [0.2, 0.25) is 0 Å². The van der Waals surface area contributed by atoms with Crippen LogP contribution in [-0.2, 0) is 4.74 Å². The number of aliphatic hydroxyl groups is 3. The Balaban J connectivity index is 1.75. The number of hydrogen-bond donors (Lipinski definition) is 6. The zero-order valence-electron chi connectivity index (χ0n) is 17.3. The van der Waals surface area contributed by atoms with Gasteiger partial charge in [0.1, 0.15) is 24.1 Å².